The zero-order chi connectivity index (χ0) is 14.7. The predicted molar refractivity (Wildman–Crippen MR) is 79.3 cm³/mol. The average Bonchev–Trinajstić information content (AvgIpc) is 2.98. The molecule has 0 saturated carbocycles. The van der Waals surface area contributed by atoms with Crippen LogP contribution in [-0.2, 0) is 9.53 Å². The summed E-state index contributed by atoms with van der Waals surface area (Å²) in [6.07, 6.45) is 0.408. The van der Waals surface area contributed by atoms with Crippen LogP contribution >= 0.6 is 11.8 Å². The highest BCUT2D eigenvalue weighted by atomic mass is 32.2. The molecule has 110 valence electrons. The molecule has 6 heteroatoms. The van der Waals surface area contributed by atoms with Crippen LogP contribution in [0.2, 0.25) is 0 Å². The summed E-state index contributed by atoms with van der Waals surface area (Å²) in [5.41, 5.74) is 0.884. The van der Waals surface area contributed by atoms with Crippen molar-refractivity contribution in [2.45, 2.75) is 24.2 Å². The van der Waals surface area contributed by atoms with E-state index in [0.29, 0.717) is 31.3 Å². The highest BCUT2D eigenvalue weighted by molar-refractivity contribution is 7.99. The molecule has 2 aromatic rings. The van der Waals surface area contributed by atoms with Gasteiger partial charge < -0.3 is 9.26 Å². The fraction of sp³-hybridized carbons (Fsp3) is 0.400. The Labute approximate surface area is 127 Å². The molecule has 1 saturated heterocycles. The van der Waals surface area contributed by atoms with Crippen molar-refractivity contribution in [3.8, 4) is 11.4 Å². The van der Waals surface area contributed by atoms with Gasteiger partial charge in [0.2, 0.25) is 11.7 Å². The Bertz CT molecular complexity index is 624. The number of hydrogen-bond acceptors (Lipinski definition) is 6. The summed E-state index contributed by atoms with van der Waals surface area (Å²) in [6, 6.07) is 8.00. The fourth-order valence-corrected chi connectivity index (χ4v) is 2.87. The second-order valence-electron chi connectivity index (χ2n) is 4.76. The fourth-order valence-electron chi connectivity index (χ4n) is 2.21. The summed E-state index contributed by atoms with van der Waals surface area (Å²) in [4.78, 5) is 17.4. The van der Waals surface area contributed by atoms with E-state index in [0.717, 1.165) is 11.3 Å². The highest BCUT2D eigenvalue weighted by Crippen LogP contribution is 2.25. The van der Waals surface area contributed by atoms with Crippen LogP contribution in [0.5, 0.6) is 0 Å². The van der Waals surface area contributed by atoms with Gasteiger partial charge in [-0.15, -0.1) is 11.8 Å². The van der Waals surface area contributed by atoms with Crippen molar-refractivity contribution in [3.63, 3.8) is 0 Å². The average molecular weight is 304 g/mol. The quantitative estimate of drug-likeness (QED) is 0.809. The standard InChI is InChI=1S/C15H16N2O3S/c1-2-21-11-5-3-10(4-6-11)14-16-15(20-17-14)12-9-19-8-7-13(12)18/h3-6,12H,2,7-9H2,1H3. The zero-order valence-corrected chi connectivity index (χ0v) is 12.6. The lowest BCUT2D eigenvalue weighted by Crippen LogP contribution is -2.25. The lowest BCUT2D eigenvalue weighted by molar-refractivity contribution is -0.127. The molecule has 0 N–H and O–H groups in total. The van der Waals surface area contributed by atoms with Gasteiger partial charge in [0.05, 0.1) is 13.2 Å². The minimum atomic E-state index is -0.421. The van der Waals surface area contributed by atoms with E-state index >= 15 is 0 Å². The number of thioether (sulfide) groups is 1. The van der Waals surface area contributed by atoms with E-state index < -0.39 is 5.92 Å². The van der Waals surface area contributed by atoms with E-state index in [4.69, 9.17) is 9.26 Å². The number of ketones is 1. The maximum absolute atomic E-state index is 11.8. The molecule has 21 heavy (non-hydrogen) atoms. The summed E-state index contributed by atoms with van der Waals surface area (Å²) < 4.78 is 10.6. The van der Waals surface area contributed by atoms with E-state index in [9.17, 15) is 4.79 Å². The van der Waals surface area contributed by atoms with Crippen molar-refractivity contribution in [1.29, 1.82) is 0 Å². The first-order valence-electron chi connectivity index (χ1n) is 6.95. The van der Waals surface area contributed by atoms with Crippen molar-refractivity contribution in [2.24, 2.45) is 0 Å². The topological polar surface area (TPSA) is 65.2 Å². The third kappa shape index (κ3) is 3.16. The number of carbonyl (C=O) groups excluding carboxylic acids is 1. The highest BCUT2D eigenvalue weighted by Gasteiger charge is 2.29. The van der Waals surface area contributed by atoms with E-state index in [1.165, 1.54) is 4.90 Å². The van der Waals surface area contributed by atoms with Gasteiger partial charge in [-0.2, -0.15) is 4.98 Å². The number of aromatic nitrogens is 2. The number of ether oxygens (including phenoxy) is 1. The first-order valence-corrected chi connectivity index (χ1v) is 7.94. The van der Waals surface area contributed by atoms with Gasteiger partial charge in [-0.05, 0) is 30.0 Å². The molecule has 0 bridgehead atoms. The van der Waals surface area contributed by atoms with E-state index in [1.807, 2.05) is 24.3 Å². The SMILES string of the molecule is CCSc1ccc(-c2noc(C3COCCC3=O)n2)cc1. The van der Waals surface area contributed by atoms with Crippen molar-refractivity contribution >= 4 is 17.5 Å². The van der Waals surface area contributed by atoms with Crippen molar-refractivity contribution in [1.82, 2.24) is 10.1 Å². The maximum Gasteiger partial charge on any atom is 0.239 e. The van der Waals surface area contributed by atoms with Gasteiger partial charge >= 0.3 is 0 Å². The smallest absolute Gasteiger partial charge is 0.239 e. The van der Waals surface area contributed by atoms with Gasteiger partial charge in [0, 0.05) is 16.9 Å². The lowest BCUT2D eigenvalue weighted by Gasteiger charge is -2.16. The van der Waals surface area contributed by atoms with Gasteiger partial charge in [0.1, 0.15) is 11.7 Å². The molecule has 5 nitrogen and oxygen atoms in total. The number of benzene rings is 1. The summed E-state index contributed by atoms with van der Waals surface area (Å²) in [6.45, 7) is 2.92. The van der Waals surface area contributed by atoms with Crippen molar-refractivity contribution in [2.75, 3.05) is 19.0 Å². The Morgan fingerprint density at radius 2 is 2.14 bits per heavy atom. The monoisotopic (exact) mass is 304 g/mol. The molecule has 1 aromatic heterocycles. The zero-order valence-electron chi connectivity index (χ0n) is 11.7. The maximum atomic E-state index is 11.8. The molecule has 0 aliphatic carbocycles. The summed E-state index contributed by atoms with van der Waals surface area (Å²) in [7, 11) is 0. The van der Waals surface area contributed by atoms with Crippen LogP contribution in [-0.4, -0.2) is 34.9 Å². The molecule has 1 aromatic carbocycles. The molecule has 1 unspecified atom stereocenters. The molecular formula is C15H16N2O3S. The van der Waals surface area contributed by atoms with Crippen LogP contribution in [0.4, 0.5) is 0 Å². The number of carbonyl (C=O) groups is 1. The Morgan fingerprint density at radius 3 is 2.86 bits per heavy atom. The second kappa shape index (κ2) is 6.41. The van der Waals surface area contributed by atoms with Crippen molar-refractivity contribution in [3.05, 3.63) is 30.2 Å². The van der Waals surface area contributed by atoms with Gasteiger partial charge in [-0.1, -0.05) is 12.1 Å². The Morgan fingerprint density at radius 1 is 1.33 bits per heavy atom. The predicted octanol–water partition coefficient (Wildman–Crippen LogP) is 2.92. The minimum Gasteiger partial charge on any atom is -0.380 e. The molecule has 0 radical (unpaired) electrons. The summed E-state index contributed by atoms with van der Waals surface area (Å²) >= 11 is 1.78. The van der Waals surface area contributed by atoms with Crippen LogP contribution in [0.25, 0.3) is 11.4 Å². The molecular weight excluding hydrogens is 288 g/mol. The van der Waals surface area contributed by atoms with Crippen LogP contribution in [0.1, 0.15) is 25.2 Å². The molecule has 1 aliphatic rings. The lowest BCUT2D eigenvalue weighted by atomic mass is 10.0. The number of hydrogen-bond donors (Lipinski definition) is 0. The van der Waals surface area contributed by atoms with Crippen LogP contribution in [0, 0.1) is 0 Å². The van der Waals surface area contributed by atoms with Gasteiger partial charge in [-0.3, -0.25) is 4.79 Å². The van der Waals surface area contributed by atoms with Crippen LogP contribution < -0.4 is 0 Å². The normalized spacial score (nSPS) is 18.9. The molecule has 1 fully saturated rings. The van der Waals surface area contributed by atoms with E-state index in [2.05, 4.69) is 17.1 Å². The van der Waals surface area contributed by atoms with Crippen LogP contribution in [0.15, 0.2) is 33.7 Å². The third-order valence-electron chi connectivity index (χ3n) is 3.33. The van der Waals surface area contributed by atoms with E-state index in [1.54, 1.807) is 11.8 Å². The number of rotatable bonds is 4. The number of Topliss-reactive ketones (excluding diaryl/α,β-unsaturated/α-hetero) is 1. The molecule has 0 spiro atoms. The molecule has 1 atom stereocenters. The Hall–Kier alpha value is -1.66. The van der Waals surface area contributed by atoms with Gasteiger partial charge in [-0.25, -0.2) is 0 Å². The second-order valence-corrected chi connectivity index (χ2v) is 6.09. The minimum absolute atomic E-state index is 0.103. The molecule has 3 rings (SSSR count). The molecule has 2 heterocycles. The van der Waals surface area contributed by atoms with Gasteiger partial charge in [0.15, 0.2) is 0 Å². The summed E-state index contributed by atoms with van der Waals surface area (Å²) in [5, 5.41) is 3.97. The van der Waals surface area contributed by atoms with Crippen LogP contribution in [0.3, 0.4) is 0 Å². The molecule has 1 aliphatic heterocycles. The number of nitrogens with zero attached hydrogens (tertiary/aromatic N) is 2. The first kappa shape index (κ1) is 14.3. The first-order chi connectivity index (χ1) is 10.3. The van der Waals surface area contributed by atoms with Gasteiger partial charge in [0.25, 0.3) is 0 Å². The Kier molecular flexibility index (Phi) is 4.36. The largest absolute Gasteiger partial charge is 0.380 e. The molecule has 0 amide bonds. The van der Waals surface area contributed by atoms with Crippen molar-refractivity contribution < 1.29 is 14.1 Å². The van der Waals surface area contributed by atoms with E-state index in [-0.39, 0.29) is 5.78 Å². The summed E-state index contributed by atoms with van der Waals surface area (Å²) in [5.74, 6) is 1.58. The Balaban J connectivity index is 1.79. The third-order valence-corrected chi connectivity index (χ3v) is 4.22.